The maximum atomic E-state index is 12.0. The molecule has 16 heavy (non-hydrogen) atoms. The molecule has 86 valence electrons. The molecule has 0 amide bonds. The van der Waals surface area contributed by atoms with Crippen LogP contribution in [-0.4, -0.2) is 18.1 Å². The number of halogens is 4. The van der Waals surface area contributed by atoms with Gasteiger partial charge in [-0.05, 0) is 17.7 Å². The van der Waals surface area contributed by atoms with Gasteiger partial charge in [0.25, 0.3) is 5.78 Å². The normalized spacial score (nSPS) is 24.2. The van der Waals surface area contributed by atoms with Gasteiger partial charge in [0.15, 0.2) is 6.10 Å². The molecule has 2 atom stereocenters. The van der Waals surface area contributed by atoms with Crippen molar-refractivity contribution in [1.29, 1.82) is 0 Å². The van der Waals surface area contributed by atoms with Crippen molar-refractivity contribution in [2.75, 3.05) is 0 Å². The van der Waals surface area contributed by atoms with Gasteiger partial charge in [-0.3, -0.25) is 4.79 Å². The number of epoxide rings is 1. The van der Waals surface area contributed by atoms with Crippen molar-refractivity contribution < 1.29 is 22.7 Å². The summed E-state index contributed by atoms with van der Waals surface area (Å²) >= 11 is 5.62. The number of carbonyl (C=O) groups is 1. The molecule has 2 nitrogen and oxygen atoms in total. The standard InChI is InChI=1S/C10H6ClF3O2/c11-6-3-1-5(2-4-6)7-8(16-7)9(15)10(12,13)14/h1-4,7-8H/t7-,8+/m1/s1. The third-order valence-corrected chi connectivity index (χ3v) is 2.48. The van der Waals surface area contributed by atoms with E-state index in [0.29, 0.717) is 10.6 Å². The fourth-order valence-corrected chi connectivity index (χ4v) is 1.50. The molecule has 2 rings (SSSR count). The van der Waals surface area contributed by atoms with Gasteiger partial charge in [0.2, 0.25) is 0 Å². The third kappa shape index (κ3) is 2.20. The number of hydrogen-bond donors (Lipinski definition) is 0. The van der Waals surface area contributed by atoms with Crippen LogP contribution >= 0.6 is 11.6 Å². The molecule has 1 aromatic rings. The van der Waals surface area contributed by atoms with E-state index in [1.807, 2.05) is 0 Å². The minimum absolute atomic E-state index is 0.475. The van der Waals surface area contributed by atoms with Crippen molar-refractivity contribution in [2.24, 2.45) is 0 Å². The van der Waals surface area contributed by atoms with Gasteiger partial charge in [-0.25, -0.2) is 0 Å². The number of ether oxygens (including phenoxy) is 1. The molecule has 1 aliphatic heterocycles. The summed E-state index contributed by atoms with van der Waals surface area (Å²) in [7, 11) is 0. The summed E-state index contributed by atoms with van der Waals surface area (Å²) in [5.41, 5.74) is 0.520. The van der Waals surface area contributed by atoms with Gasteiger partial charge < -0.3 is 4.74 Å². The van der Waals surface area contributed by atoms with E-state index in [4.69, 9.17) is 16.3 Å². The van der Waals surface area contributed by atoms with Gasteiger partial charge in [-0.2, -0.15) is 13.2 Å². The molecule has 0 radical (unpaired) electrons. The molecule has 1 aromatic carbocycles. The topological polar surface area (TPSA) is 29.6 Å². The lowest BCUT2D eigenvalue weighted by molar-refractivity contribution is -0.172. The van der Waals surface area contributed by atoms with Gasteiger partial charge in [-0.1, -0.05) is 23.7 Å². The number of hydrogen-bond acceptors (Lipinski definition) is 2. The van der Waals surface area contributed by atoms with Crippen molar-refractivity contribution >= 4 is 17.4 Å². The van der Waals surface area contributed by atoms with Crippen LogP contribution < -0.4 is 0 Å². The Hall–Kier alpha value is -1.07. The summed E-state index contributed by atoms with van der Waals surface area (Å²) in [6.07, 6.45) is -7.04. The highest BCUT2D eigenvalue weighted by Gasteiger charge is 2.56. The smallest absolute Gasteiger partial charge is 0.356 e. The first-order valence-electron chi connectivity index (χ1n) is 4.41. The summed E-state index contributed by atoms with van der Waals surface area (Å²) in [5, 5.41) is 0.475. The first-order chi connectivity index (χ1) is 7.39. The van der Waals surface area contributed by atoms with Crippen LogP contribution in [0.4, 0.5) is 13.2 Å². The summed E-state index contributed by atoms with van der Waals surface area (Å²) in [6, 6.07) is 6.15. The summed E-state index contributed by atoms with van der Waals surface area (Å²) in [4.78, 5) is 10.8. The lowest BCUT2D eigenvalue weighted by atomic mass is 10.1. The second-order valence-corrected chi connectivity index (χ2v) is 3.83. The zero-order valence-electron chi connectivity index (χ0n) is 7.79. The highest BCUT2D eigenvalue weighted by Crippen LogP contribution is 2.42. The fourth-order valence-electron chi connectivity index (χ4n) is 1.38. The lowest BCUT2D eigenvalue weighted by Gasteiger charge is -2.01. The Balaban J connectivity index is 2.07. The molecule has 1 saturated heterocycles. The first-order valence-corrected chi connectivity index (χ1v) is 4.79. The zero-order valence-corrected chi connectivity index (χ0v) is 8.55. The van der Waals surface area contributed by atoms with Crippen LogP contribution in [0.1, 0.15) is 11.7 Å². The highest BCUT2D eigenvalue weighted by molar-refractivity contribution is 6.30. The van der Waals surface area contributed by atoms with Crippen molar-refractivity contribution in [1.82, 2.24) is 0 Å². The van der Waals surface area contributed by atoms with Crippen LogP contribution in [0.3, 0.4) is 0 Å². The average Bonchev–Trinajstić information content (AvgIpc) is 2.96. The van der Waals surface area contributed by atoms with E-state index < -0.39 is 24.2 Å². The third-order valence-electron chi connectivity index (χ3n) is 2.23. The van der Waals surface area contributed by atoms with E-state index in [-0.39, 0.29) is 0 Å². The Morgan fingerprint density at radius 2 is 1.81 bits per heavy atom. The quantitative estimate of drug-likeness (QED) is 0.756. The van der Waals surface area contributed by atoms with E-state index in [1.54, 1.807) is 0 Å². The van der Waals surface area contributed by atoms with Crippen LogP contribution in [0, 0.1) is 0 Å². The van der Waals surface area contributed by atoms with Crippen LogP contribution in [0.25, 0.3) is 0 Å². The Bertz CT molecular complexity index is 413. The van der Waals surface area contributed by atoms with Gasteiger partial charge in [0.1, 0.15) is 6.10 Å². The van der Waals surface area contributed by atoms with Gasteiger partial charge in [0.05, 0.1) is 0 Å². The Labute approximate surface area is 94.0 Å². The van der Waals surface area contributed by atoms with E-state index in [1.165, 1.54) is 24.3 Å². The number of rotatable bonds is 2. The first kappa shape index (κ1) is 11.4. The van der Waals surface area contributed by atoms with Gasteiger partial charge >= 0.3 is 6.18 Å². The Kier molecular flexibility index (Phi) is 2.67. The van der Waals surface area contributed by atoms with Crippen molar-refractivity contribution in [3.8, 4) is 0 Å². The maximum Gasteiger partial charge on any atom is 0.452 e. The predicted octanol–water partition coefficient (Wildman–Crippen LogP) is 2.91. The molecule has 0 spiro atoms. The summed E-state index contributed by atoms with van der Waals surface area (Å²) < 4.78 is 40.8. The zero-order chi connectivity index (χ0) is 11.9. The van der Waals surface area contributed by atoms with Crippen molar-refractivity contribution in [3.05, 3.63) is 34.9 Å². The molecule has 0 aliphatic carbocycles. The largest absolute Gasteiger partial charge is 0.452 e. The van der Waals surface area contributed by atoms with E-state index in [2.05, 4.69) is 0 Å². The molecule has 1 fully saturated rings. The number of ketones is 1. The monoisotopic (exact) mass is 250 g/mol. The molecule has 0 unspecified atom stereocenters. The number of alkyl halides is 3. The molecular formula is C10H6ClF3O2. The lowest BCUT2D eigenvalue weighted by Crippen LogP contribution is -2.27. The fraction of sp³-hybridized carbons (Fsp3) is 0.300. The Morgan fingerprint density at radius 1 is 1.25 bits per heavy atom. The van der Waals surface area contributed by atoms with E-state index in [9.17, 15) is 18.0 Å². The molecule has 6 heteroatoms. The van der Waals surface area contributed by atoms with Crippen LogP contribution in [0.15, 0.2) is 24.3 Å². The molecule has 1 aliphatic rings. The SMILES string of the molecule is O=C([C@H]1O[C@@H]1c1ccc(Cl)cc1)C(F)(F)F. The highest BCUT2D eigenvalue weighted by atomic mass is 35.5. The van der Waals surface area contributed by atoms with Crippen LogP contribution in [0.5, 0.6) is 0 Å². The van der Waals surface area contributed by atoms with Crippen LogP contribution in [-0.2, 0) is 9.53 Å². The summed E-state index contributed by atoms with van der Waals surface area (Å²) in [5.74, 6) is -1.84. The Morgan fingerprint density at radius 3 is 2.31 bits per heavy atom. The maximum absolute atomic E-state index is 12.0. The second-order valence-electron chi connectivity index (χ2n) is 3.39. The molecule has 0 aromatic heterocycles. The van der Waals surface area contributed by atoms with Crippen molar-refractivity contribution in [2.45, 2.75) is 18.4 Å². The molecule has 0 N–H and O–H groups in total. The summed E-state index contributed by atoms with van der Waals surface area (Å²) in [6.45, 7) is 0. The molecule has 0 saturated carbocycles. The van der Waals surface area contributed by atoms with Crippen molar-refractivity contribution in [3.63, 3.8) is 0 Å². The van der Waals surface area contributed by atoms with E-state index >= 15 is 0 Å². The van der Waals surface area contributed by atoms with E-state index in [0.717, 1.165) is 0 Å². The minimum Gasteiger partial charge on any atom is -0.356 e. The minimum atomic E-state index is -4.84. The predicted molar refractivity (Wildman–Crippen MR) is 50.1 cm³/mol. The molecule has 1 heterocycles. The molecular weight excluding hydrogens is 245 g/mol. The average molecular weight is 251 g/mol. The van der Waals surface area contributed by atoms with Gasteiger partial charge in [-0.15, -0.1) is 0 Å². The van der Waals surface area contributed by atoms with Gasteiger partial charge in [0, 0.05) is 5.02 Å². The number of carbonyl (C=O) groups excluding carboxylic acids is 1. The molecule has 0 bridgehead atoms. The second kappa shape index (κ2) is 3.75. The number of Topliss-reactive ketones (excluding diaryl/α,β-unsaturated/α-hetero) is 1. The van der Waals surface area contributed by atoms with Crippen LogP contribution in [0.2, 0.25) is 5.02 Å². The number of benzene rings is 1.